The summed E-state index contributed by atoms with van der Waals surface area (Å²) < 4.78 is 12.9. The Morgan fingerprint density at radius 3 is 2.71 bits per heavy atom. The van der Waals surface area contributed by atoms with Gasteiger partial charge in [0.15, 0.2) is 0 Å². The highest BCUT2D eigenvalue weighted by Crippen LogP contribution is 2.21. The highest BCUT2D eigenvalue weighted by molar-refractivity contribution is 7.14. The van der Waals surface area contributed by atoms with Gasteiger partial charge in [-0.25, -0.2) is 4.39 Å². The van der Waals surface area contributed by atoms with Crippen LogP contribution in [0.4, 0.5) is 10.1 Å². The van der Waals surface area contributed by atoms with Crippen LogP contribution in [0, 0.1) is 12.7 Å². The van der Waals surface area contributed by atoms with Crippen LogP contribution in [0.15, 0.2) is 30.3 Å². The molecule has 2 nitrogen and oxygen atoms in total. The van der Waals surface area contributed by atoms with E-state index in [1.165, 1.54) is 29.5 Å². The quantitative estimate of drug-likeness (QED) is 0.874. The Balaban J connectivity index is 2.15. The Kier molecular flexibility index (Phi) is 3.45. The van der Waals surface area contributed by atoms with Crippen LogP contribution >= 0.6 is 22.9 Å². The minimum atomic E-state index is -0.503. The number of amides is 1. The van der Waals surface area contributed by atoms with Gasteiger partial charge in [0.2, 0.25) is 0 Å². The van der Waals surface area contributed by atoms with Gasteiger partial charge in [-0.15, -0.1) is 11.3 Å². The fraction of sp³-hybridized carbons (Fsp3) is 0.0833. The van der Waals surface area contributed by atoms with Crippen molar-refractivity contribution in [3.8, 4) is 0 Å². The van der Waals surface area contributed by atoms with Crippen LogP contribution < -0.4 is 5.32 Å². The molecule has 0 fully saturated rings. The van der Waals surface area contributed by atoms with Crippen molar-refractivity contribution < 1.29 is 9.18 Å². The number of benzene rings is 1. The molecule has 0 spiro atoms. The smallest absolute Gasteiger partial charge is 0.265 e. The van der Waals surface area contributed by atoms with Crippen LogP contribution in [0.1, 0.15) is 14.5 Å². The van der Waals surface area contributed by atoms with E-state index in [2.05, 4.69) is 5.32 Å². The zero-order valence-corrected chi connectivity index (χ0v) is 10.5. The summed E-state index contributed by atoms with van der Waals surface area (Å²) in [6.45, 7) is 1.93. The van der Waals surface area contributed by atoms with Gasteiger partial charge in [-0.2, -0.15) is 0 Å². The summed E-state index contributed by atoms with van der Waals surface area (Å²) in [6.07, 6.45) is 0. The second-order valence-electron chi connectivity index (χ2n) is 3.49. The maximum absolute atomic E-state index is 12.9. The van der Waals surface area contributed by atoms with Gasteiger partial charge in [0.05, 0.1) is 9.90 Å². The molecule has 1 aromatic heterocycles. The summed E-state index contributed by atoms with van der Waals surface area (Å²) >= 11 is 7.03. The van der Waals surface area contributed by atoms with Crippen molar-refractivity contribution in [3.05, 3.63) is 50.9 Å². The third kappa shape index (κ3) is 2.84. The topological polar surface area (TPSA) is 29.1 Å². The van der Waals surface area contributed by atoms with E-state index in [1.54, 1.807) is 6.07 Å². The number of carbonyl (C=O) groups excluding carboxylic acids is 1. The maximum Gasteiger partial charge on any atom is 0.265 e. The van der Waals surface area contributed by atoms with Crippen LogP contribution in [0.25, 0.3) is 0 Å². The molecule has 2 rings (SSSR count). The number of rotatable bonds is 2. The summed E-state index contributed by atoms with van der Waals surface area (Å²) in [6, 6.07) is 7.70. The molecule has 0 saturated heterocycles. The molecule has 1 aromatic carbocycles. The van der Waals surface area contributed by atoms with Crippen molar-refractivity contribution in [2.24, 2.45) is 0 Å². The average Bonchev–Trinajstić information content (AvgIpc) is 2.70. The van der Waals surface area contributed by atoms with E-state index in [-0.39, 0.29) is 10.9 Å². The van der Waals surface area contributed by atoms with Crippen molar-refractivity contribution in [1.82, 2.24) is 0 Å². The molecule has 5 heteroatoms. The van der Waals surface area contributed by atoms with Crippen molar-refractivity contribution in [2.75, 3.05) is 5.32 Å². The van der Waals surface area contributed by atoms with Crippen LogP contribution in [-0.2, 0) is 0 Å². The largest absolute Gasteiger partial charge is 0.321 e. The predicted octanol–water partition coefficient (Wildman–Crippen LogP) is 4.10. The van der Waals surface area contributed by atoms with Crippen molar-refractivity contribution in [3.63, 3.8) is 0 Å². The third-order valence-electron chi connectivity index (χ3n) is 2.14. The molecule has 1 heterocycles. The summed E-state index contributed by atoms with van der Waals surface area (Å²) in [5.74, 6) is -0.720. The Hall–Kier alpha value is -1.39. The Bertz CT molecular complexity index is 567. The highest BCUT2D eigenvalue weighted by Gasteiger charge is 2.09. The first-order valence-electron chi connectivity index (χ1n) is 4.89. The molecule has 0 radical (unpaired) electrons. The average molecular weight is 270 g/mol. The Labute approximate surface area is 107 Å². The standard InChI is InChI=1S/C12H9ClFNOS/c1-7-2-5-11(17-7)12(16)15-8-3-4-10(14)9(13)6-8/h2-6H,1H3,(H,15,16). The fourth-order valence-electron chi connectivity index (χ4n) is 1.32. The number of aryl methyl sites for hydroxylation is 1. The summed E-state index contributed by atoms with van der Waals surface area (Å²) in [4.78, 5) is 13.5. The lowest BCUT2D eigenvalue weighted by molar-refractivity contribution is 0.103. The molecule has 88 valence electrons. The normalized spacial score (nSPS) is 10.3. The zero-order chi connectivity index (χ0) is 12.4. The van der Waals surface area contributed by atoms with Crippen molar-refractivity contribution >= 4 is 34.5 Å². The maximum atomic E-state index is 12.9. The van der Waals surface area contributed by atoms with E-state index in [9.17, 15) is 9.18 Å². The van der Waals surface area contributed by atoms with E-state index in [0.29, 0.717) is 10.6 Å². The van der Waals surface area contributed by atoms with E-state index in [1.807, 2.05) is 13.0 Å². The molecule has 0 atom stereocenters. The lowest BCUT2D eigenvalue weighted by Gasteiger charge is -2.04. The van der Waals surface area contributed by atoms with Gasteiger partial charge in [-0.05, 0) is 37.3 Å². The third-order valence-corrected chi connectivity index (χ3v) is 3.43. The van der Waals surface area contributed by atoms with Crippen LogP contribution in [0.5, 0.6) is 0 Å². The molecule has 1 N–H and O–H groups in total. The molecule has 0 bridgehead atoms. The Morgan fingerprint density at radius 2 is 2.12 bits per heavy atom. The fourth-order valence-corrected chi connectivity index (χ4v) is 2.27. The van der Waals surface area contributed by atoms with Gasteiger partial charge >= 0.3 is 0 Å². The first-order valence-corrected chi connectivity index (χ1v) is 6.08. The molecule has 0 unspecified atom stereocenters. The van der Waals surface area contributed by atoms with Gasteiger partial charge in [-0.1, -0.05) is 11.6 Å². The number of hydrogen-bond acceptors (Lipinski definition) is 2. The van der Waals surface area contributed by atoms with Gasteiger partial charge < -0.3 is 5.32 Å². The molecule has 0 aliphatic heterocycles. The summed E-state index contributed by atoms with van der Waals surface area (Å²) in [7, 11) is 0. The highest BCUT2D eigenvalue weighted by atomic mass is 35.5. The Morgan fingerprint density at radius 1 is 1.35 bits per heavy atom. The molecule has 17 heavy (non-hydrogen) atoms. The van der Waals surface area contributed by atoms with Crippen molar-refractivity contribution in [1.29, 1.82) is 0 Å². The van der Waals surface area contributed by atoms with Gasteiger partial charge in [-0.3, -0.25) is 4.79 Å². The van der Waals surface area contributed by atoms with E-state index in [4.69, 9.17) is 11.6 Å². The minimum Gasteiger partial charge on any atom is -0.321 e. The number of anilines is 1. The number of hydrogen-bond donors (Lipinski definition) is 1. The second-order valence-corrected chi connectivity index (χ2v) is 5.19. The number of thiophene rings is 1. The van der Waals surface area contributed by atoms with Gasteiger partial charge in [0.1, 0.15) is 5.82 Å². The number of halogens is 2. The monoisotopic (exact) mass is 269 g/mol. The number of nitrogens with one attached hydrogen (secondary N) is 1. The van der Waals surface area contributed by atoms with E-state index >= 15 is 0 Å². The minimum absolute atomic E-state index is 0.00911. The molecular formula is C12H9ClFNOS. The first-order chi connectivity index (χ1) is 8.06. The van der Waals surface area contributed by atoms with Crippen LogP contribution in [-0.4, -0.2) is 5.91 Å². The SMILES string of the molecule is Cc1ccc(C(=O)Nc2ccc(F)c(Cl)c2)s1. The van der Waals surface area contributed by atoms with E-state index < -0.39 is 5.82 Å². The zero-order valence-electron chi connectivity index (χ0n) is 8.96. The summed E-state index contributed by atoms with van der Waals surface area (Å²) in [5, 5.41) is 2.65. The number of carbonyl (C=O) groups is 1. The molecule has 0 saturated carbocycles. The van der Waals surface area contributed by atoms with Crippen molar-refractivity contribution in [2.45, 2.75) is 6.92 Å². The van der Waals surface area contributed by atoms with Gasteiger partial charge in [0, 0.05) is 10.6 Å². The van der Waals surface area contributed by atoms with Crippen LogP contribution in [0.2, 0.25) is 5.02 Å². The van der Waals surface area contributed by atoms with Gasteiger partial charge in [0.25, 0.3) is 5.91 Å². The van der Waals surface area contributed by atoms with Crippen LogP contribution in [0.3, 0.4) is 0 Å². The lowest BCUT2D eigenvalue weighted by Crippen LogP contribution is -2.10. The first kappa shape index (κ1) is 12.1. The molecule has 0 aliphatic rings. The molecule has 2 aromatic rings. The second kappa shape index (κ2) is 4.85. The molecule has 0 aliphatic carbocycles. The summed E-state index contributed by atoms with van der Waals surface area (Å²) in [5.41, 5.74) is 0.479. The molecule has 1 amide bonds. The van der Waals surface area contributed by atoms with E-state index in [0.717, 1.165) is 4.88 Å². The molecular weight excluding hydrogens is 261 g/mol. The predicted molar refractivity (Wildman–Crippen MR) is 68.4 cm³/mol. The lowest BCUT2D eigenvalue weighted by atomic mass is 10.3.